The predicted molar refractivity (Wildman–Crippen MR) is 165 cm³/mol. The number of fused-ring (bicyclic) bond motifs is 2. The minimum Gasteiger partial charge on any atom is -0.481 e. The van der Waals surface area contributed by atoms with Gasteiger partial charge >= 0.3 is 5.97 Å². The van der Waals surface area contributed by atoms with E-state index in [1.165, 1.54) is 14.9 Å². The number of carbonyl (C=O) groups is 1. The molecule has 0 saturated carbocycles. The van der Waals surface area contributed by atoms with Gasteiger partial charge < -0.3 is 14.6 Å². The molecule has 0 saturated heterocycles. The Balaban J connectivity index is 1.61. The molecule has 5 rings (SSSR count). The Kier molecular flexibility index (Phi) is 9.43. The van der Waals surface area contributed by atoms with Crippen molar-refractivity contribution in [2.24, 2.45) is 5.41 Å². The predicted octanol–water partition coefficient (Wildman–Crippen LogP) is 5.22. The Morgan fingerprint density at radius 2 is 1.85 bits per heavy atom. The van der Waals surface area contributed by atoms with Crippen LogP contribution in [-0.2, 0) is 26.1 Å². The SMILES string of the molecule is Cc1cnc2c(c1)S(=O)(=O)N(Cc1cc([C@@H](c3ccn4c(C(F)F)nnc4c3C)C(C)(C)C(=O)O)ccc1C)CCCOCCO2. The third kappa shape index (κ3) is 6.33. The zero-order chi connectivity index (χ0) is 33.4. The van der Waals surface area contributed by atoms with Gasteiger partial charge in [0, 0.05) is 38.0 Å². The first-order valence-corrected chi connectivity index (χ1v) is 16.3. The summed E-state index contributed by atoms with van der Waals surface area (Å²) < 4.78 is 69.3. The molecule has 1 N–H and O–H groups in total. The number of rotatable bonds is 7. The fraction of sp³-hybridized carbons (Fsp3) is 0.438. The Labute approximate surface area is 266 Å². The molecule has 0 unspecified atom stereocenters. The molecule has 0 fully saturated rings. The third-order valence-corrected chi connectivity index (χ3v) is 10.3. The van der Waals surface area contributed by atoms with Gasteiger partial charge in [-0.2, -0.15) is 4.31 Å². The summed E-state index contributed by atoms with van der Waals surface area (Å²) >= 11 is 0. The maximum atomic E-state index is 14.1. The smallest absolute Gasteiger partial charge is 0.310 e. The summed E-state index contributed by atoms with van der Waals surface area (Å²) in [7, 11) is -4.08. The van der Waals surface area contributed by atoms with Crippen LogP contribution in [0, 0.1) is 26.2 Å². The topological polar surface area (TPSA) is 136 Å². The molecule has 246 valence electrons. The summed E-state index contributed by atoms with van der Waals surface area (Å²) in [5.74, 6) is -2.32. The number of alkyl halides is 2. The molecule has 14 heteroatoms. The minimum absolute atomic E-state index is 0.00388. The molecule has 11 nitrogen and oxygen atoms in total. The van der Waals surface area contributed by atoms with Crippen LogP contribution in [0.15, 0.2) is 47.6 Å². The quantitative estimate of drug-likeness (QED) is 0.284. The molecule has 1 aliphatic heterocycles. The maximum Gasteiger partial charge on any atom is 0.310 e. The lowest BCUT2D eigenvalue weighted by atomic mass is 9.70. The monoisotopic (exact) mass is 657 g/mol. The fourth-order valence-electron chi connectivity index (χ4n) is 5.80. The molecule has 46 heavy (non-hydrogen) atoms. The van der Waals surface area contributed by atoms with Crippen LogP contribution < -0.4 is 4.74 Å². The largest absolute Gasteiger partial charge is 0.481 e. The van der Waals surface area contributed by atoms with Crippen LogP contribution in [0.1, 0.15) is 71.8 Å². The van der Waals surface area contributed by atoms with E-state index in [2.05, 4.69) is 15.2 Å². The van der Waals surface area contributed by atoms with Crippen molar-refractivity contribution in [3.8, 4) is 5.88 Å². The molecule has 3 aromatic heterocycles. The van der Waals surface area contributed by atoms with Crippen molar-refractivity contribution in [3.63, 3.8) is 0 Å². The van der Waals surface area contributed by atoms with Crippen molar-refractivity contribution in [1.29, 1.82) is 0 Å². The van der Waals surface area contributed by atoms with E-state index in [4.69, 9.17) is 9.47 Å². The fourth-order valence-corrected chi connectivity index (χ4v) is 7.43. The number of carboxylic acid groups (broad SMARTS) is 1. The minimum atomic E-state index is -4.08. The third-order valence-electron chi connectivity index (χ3n) is 8.46. The van der Waals surface area contributed by atoms with Crippen LogP contribution in [0.25, 0.3) is 5.65 Å². The summed E-state index contributed by atoms with van der Waals surface area (Å²) in [4.78, 5) is 16.9. The number of sulfonamides is 1. The number of aromatic nitrogens is 4. The number of aliphatic carboxylic acids is 1. The second-order valence-corrected chi connectivity index (χ2v) is 14.0. The Hall–Kier alpha value is -4.01. The van der Waals surface area contributed by atoms with Crippen molar-refractivity contribution in [1.82, 2.24) is 23.9 Å². The summed E-state index contributed by atoms with van der Waals surface area (Å²) in [6.07, 6.45) is 0.579. The van der Waals surface area contributed by atoms with Crippen LogP contribution in [0.2, 0.25) is 0 Å². The molecule has 0 bridgehead atoms. The number of carboxylic acids is 1. The molecule has 1 aliphatic rings. The highest BCUT2D eigenvalue weighted by molar-refractivity contribution is 7.89. The van der Waals surface area contributed by atoms with E-state index in [0.29, 0.717) is 47.5 Å². The van der Waals surface area contributed by atoms with Crippen LogP contribution in [-0.4, -0.2) is 69.7 Å². The summed E-state index contributed by atoms with van der Waals surface area (Å²) in [6.45, 7) is 9.46. The van der Waals surface area contributed by atoms with Gasteiger partial charge in [0.25, 0.3) is 6.43 Å². The molecule has 1 aromatic carbocycles. The summed E-state index contributed by atoms with van der Waals surface area (Å²) in [5, 5.41) is 18.0. The number of benzene rings is 1. The standard InChI is InChI=1S/C32H37F2N5O6S/c1-19-15-25-30(35-17-19)45-14-13-44-12-6-10-38(46(25,42)43)18-23-16-22(8-7-20(23)2)26(32(4,5)31(40)41)24-9-11-39-28(21(24)3)36-37-29(39)27(33)34/h7-9,11,15-17,26-27H,6,10,12-14,18H2,1-5H3,(H,40,41)/t26-/m0/s1. The van der Waals surface area contributed by atoms with Crippen LogP contribution >= 0.6 is 0 Å². The number of aryl methyl sites for hydroxylation is 3. The lowest BCUT2D eigenvalue weighted by Crippen LogP contribution is -2.34. The average Bonchev–Trinajstić information content (AvgIpc) is 3.43. The molecule has 0 radical (unpaired) electrons. The van der Waals surface area contributed by atoms with E-state index >= 15 is 0 Å². The van der Waals surface area contributed by atoms with E-state index in [-0.39, 0.29) is 36.1 Å². The average molecular weight is 658 g/mol. The van der Waals surface area contributed by atoms with Gasteiger partial charge in [0.1, 0.15) is 11.5 Å². The zero-order valence-corrected chi connectivity index (χ0v) is 27.1. The summed E-state index contributed by atoms with van der Waals surface area (Å²) in [5.41, 5.74) is 2.69. The highest BCUT2D eigenvalue weighted by Crippen LogP contribution is 2.44. The zero-order valence-electron chi connectivity index (χ0n) is 26.3. The molecular weight excluding hydrogens is 620 g/mol. The van der Waals surface area contributed by atoms with Gasteiger partial charge in [0.05, 0.1) is 12.0 Å². The van der Waals surface area contributed by atoms with Gasteiger partial charge in [-0.15, -0.1) is 10.2 Å². The van der Waals surface area contributed by atoms with Gasteiger partial charge in [-0.3, -0.25) is 9.20 Å². The first-order chi connectivity index (χ1) is 21.7. The number of nitrogens with zero attached hydrogens (tertiary/aromatic N) is 5. The van der Waals surface area contributed by atoms with E-state index in [1.54, 1.807) is 46.0 Å². The van der Waals surface area contributed by atoms with Gasteiger partial charge in [-0.05, 0) is 86.6 Å². The highest BCUT2D eigenvalue weighted by atomic mass is 32.2. The van der Waals surface area contributed by atoms with Crippen molar-refractivity contribution in [2.45, 2.75) is 64.8 Å². The first kappa shape index (κ1) is 33.4. The molecule has 0 aliphatic carbocycles. The van der Waals surface area contributed by atoms with Crippen molar-refractivity contribution >= 4 is 21.6 Å². The van der Waals surface area contributed by atoms with Crippen LogP contribution in [0.5, 0.6) is 5.88 Å². The highest BCUT2D eigenvalue weighted by Gasteiger charge is 2.41. The molecule has 0 spiro atoms. The molecule has 0 amide bonds. The first-order valence-electron chi connectivity index (χ1n) is 14.9. The van der Waals surface area contributed by atoms with E-state index in [1.807, 2.05) is 25.1 Å². The van der Waals surface area contributed by atoms with Gasteiger partial charge in [-0.1, -0.05) is 18.2 Å². The van der Waals surface area contributed by atoms with E-state index in [0.717, 1.165) is 5.56 Å². The van der Waals surface area contributed by atoms with Gasteiger partial charge in [0.2, 0.25) is 21.7 Å². The number of hydrogen-bond donors (Lipinski definition) is 1. The lowest BCUT2D eigenvalue weighted by molar-refractivity contribution is -0.147. The maximum absolute atomic E-state index is 14.1. The Morgan fingerprint density at radius 1 is 1.09 bits per heavy atom. The number of halogens is 2. The van der Waals surface area contributed by atoms with Crippen LogP contribution in [0.4, 0.5) is 8.78 Å². The Morgan fingerprint density at radius 3 is 2.57 bits per heavy atom. The summed E-state index contributed by atoms with van der Waals surface area (Å²) in [6, 6.07) is 8.64. The number of ether oxygens (including phenoxy) is 2. The second-order valence-electron chi connectivity index (χ2n) is 12.1. The number of pyridine rings is 2. The Bertz CT molecular complexity index is 1880. The van der Waals surface area contributed by atoms with Crippen LogP contribution in [0.3, 0.4) is 0 Å². The van der Waals surface area contributed by atoms with Crippen molar-refractivity contribution in [3.05, 3.63) is 81.9 Å². The van der Waals surface area contributed by atoms with E-state index in [9.17, 15) is 27.1 Å². The molecular formula is C32H37F2N5O6S. The molecule has 1 atom stereocenters. The molecule has 4 heterocycles. The lowest BCUT2D eigenvalue weighted by Gasteiger charge is -2.33. The van der Waals surface area contributed by atoms with Gasteiger partial charge in [-0.25, -0.2) is 22.2 Å². The normalized spacial score (nSPS) is 16.9. The van der Waals surface area contributed by atoms with E-state index < -0.39 is 39.6 Å². The van der Waals surface area contributed by atoms with Gasteiger partial charge in [0.15, 0.2) is 5.65 Å². The van der Waals surface area contributed by atoms with Crippen molar-refractivity contribution in [2.75, 3.05) is 26.4 Å². The van der Waals surface area contributed by atoms with Crippen molar-refractivity contribution < 1.29 is 36.6 Å². The molecule has 4 aromatic rings. The second kappa shape index (κ2) is 13.0. The number of hydrogen-bond acceptors (Lipinski definition) is 8.